The number of alkyl halides is 3. The molecule has 1 aliphatic heterocycles. The second-order valence-electron chi connectivity index (χ2n) is 5.88. The van der Waals surface area contributed by atoms with Gasteiger partial charge in [-0.25, -0.2) is 0 Å². The van der Waals surface area contributed by atoms with Crippen molar-refractivity contribution in [3.63, 3.8) is 0 Å². The van der Waals surface area contributed by atoms with Gasteiger partial charge in [0, 0.05) is 19.5 Å². The largest absolute Gasteiger partial charge is 0.511 e. The summed E-state index contributed by atoms with van der Waals surface area (Å²) in [5.41, 5.74) is -0.716. The van der Waals surface area contributed by atoms with Crippen LogP contribution in [0.15, 0.2) is 35.6 Å². The second-order valence-corrected chi connectivity index (χ2v) is 5.88. The standard InChI is InChI=1S/C17H17F3N2O5/c18-17(19,20)11-3-1-10(2-4-11)5-7-22-8-6-12(23)14(16(22)27)15(26)21-9-13(24)25/h1-4,23H,5-9H2,(H,21,26)(H,24,25). The maximum atomic E-state index is 12.6. The highest BCUT2D eigenvalue weighted by Crippen LogP contribution is 2.29. The zero-order chi connectivity index (χ0) is 20.2. The Morgan fingerprint density at radius 1 is 1.19 bits per heavy atom. The van der Waals surface area contributed by atoms with E-state index in [2.05, 4.69) is 0 Å². The fourth-order valence-electron chi connectivity index (χ4n) is 2.56. The molecule has 0 unspecified atom stereocenters. The summed E-state index contributed by atoms with van der Waals surface area (Å²) in [6.45, 7) is -0.428. The van der Waals surface area contributed by atoms with E-state index in [-0.39, 0.29) is 25.9 Å². The van der Waals surface area contributed by atoms with Gasteiger partial charge >= 0.3 is 12.1 Å². The van der Waals surface area contributed by atoms with Gasteiger partial charge < -0.3 is 20.4 Å². The number of aliphatic hydroxyl groups is 1. The fraction of sp³-hybridized carbons (Fsp3) is 0.353. The van der Waals surface area contributed by atoms with Crippen LogP contribution in [0.2, 0.25) is 0 Å². The topological polar surface area (TPSA) is 107 Å². The summed E-state index contributed by atoms with van der Waals surface area (Å²) >= 11 is 0. The van der Waals surface area contributed by atoms with Crippen LogP contribution in [0.5, 0.6) is 0 Å². The predicted octanol–water partition coefficient (Wildman–Crippen LogP) is 1.49. The Morgan fingerprint density at radius 2 is 1.81 bits per heavy atom. The molecule has 0 bridgehead atoms. The minimum absolute atomic E-state index is 0.0224. The summed E-state index contributed by atoms with van der Waals surface area (Å²) in [6, 6.07) is 4.52. The van der Waals surface area contributed by atoms with Crippen molar-refractivity contribution in [3.8, 4) is 0 Å². The Balaban J connectivity index is 2.01. The van der Waals surface area contributed by atoms with Crippen LogP contribution >= 0.6 is 0 Å². The van der Waals surface area contributed by atoms with Gasteiger partial charge in [0.1, 0.15) is 17.9 Å². The number of aliphatic hydroxyl groups excluding tert-OH is 1. The smallest absolute Gasteiger partial charge is 0.416 e. The number of nitrogens with zero attached hydrogens (tertiary/aromatic N) is 1. The molecule has 3 N–H and O–H groups in total. The number of halogens is 3. The molecule has 1 aromatic rings. The monoisotopic (exact) mass is 386 g/mol. The van der Waals surface area contributed by atoms with Crippen molar-refractivity contribution in [3.05, 3.63) is 46.7 Å². The van der Waals surface area contributed by atoms with Gasteiger partial charge in [-0.3, -0.25) is 14.4 Å². The summed E-state index contributed by atoms with van der Waals surface area (Å²) in [5, 5.41) is 20.4. The van der Waals surface area contributed by atoms with Gasteiger partial charge in [-0.15, -0.1) is 0 Å². The fourth-order valence-corrected chi connectivity index (χ4v) is 2.56. The molecule has 0 radical (unpaired) electrons. The molecule has 0 atom stereocenters. The first-order chi connectivity index (χ1) is 12.6. The van der Waals surface area contributed by atoms with Crippen LogP contribution in [0, 0.1) is 0 Å². The molecule has 2 rings (SSSR count). The molecule has 0 aliphatic carbocycles. The Bertz CT molecular complexity index is 772. The van der Waals surface area contributed by atoms with Crippen LogP contribution < -0.4 is 5.32 Å². The highest BCUT2D eigenvalue weighted by Gasteiger charge is 2.32. The number of benzene rings is 1. The number of hydrogen-bond donors (Lipinski definition) is 3. The van der Waals surface area contributed by atoms with E-state index < -0.39 is 47.4 Å². The summed E-state index contributed by atoms with van der Waals surface area (Å²) in [4.78, 5) is 36.1. The van der Waals surface area contributed by atoms with Gasteiger partial charge in [0.2, 0.25) is 0 Å². The predicted molar refractivity (Wildman–Crippen MR) is 86.6 cm³/mol. The van der Waals surface area contributed by atoms with Crippen LogP contribution in [0.3, 0.4) is 0 Å². The Morgan fingerprint density at radius 3 is 2.37 bits per heavy atom. The van der Waals surface area contributed by atoms with E-state index in [1.165, 1.54) is 17.0 Å². The summed E-state index contributed by atoms with van der Waals surface area (Å²) < 4.78 is 37.7. The molecule has 27 heavy (non-hydrogen) atoms. The van der Waals surface area contributed by atoms with Crippen LogP contribution in [0.1, 0.15) is 17.5 Å². The summed E-state index contributed by atoms with van der Waals surface area (Å²) in [7, 11) is 0. The van der Waals surface area contributed by atoms with Crippen molar-refractivity contribution in [2.24, 2.45) is 0 Å². The molecule has 0 saturated heterocycles. The van der Waals surface area contributed by atoms with Gasteiger partial charge in [0.25, 0.3) is 11.8 Å². The lowest BCUT2D eigenvalue weighted by Gasteiger charge is -2.28. The minimum Gasteiger partial charge on any atom is -0.511 e. The highest BCUT2D eigenvalue weighted by atomic mass is 19.4. The van der Waals surface area contributed by atoms with E-state index in [9.17, 15) is 32.7 Å². The molecule has 0 saturated carbocycles. The van der Waals surface area contributed by atoms with Crippen LogP contribution in [0.4, 0.5) is 13.2 Å². The molecular formula is C17H17F3N2O5. The molecule has 146 valence electrons. The van der Waals surface area contributed by atoms with Crippen LogP contribution in [-0.2, 0) is 27.0 Å². The number of rotatable bonds is 6. The van der Waals surface area contributed by atoms with Crippen molar-refractivity contribution in [1.29, 1.82) is 0 Å². The maximum Gasteiger partial charge on any atom is 0.416 e. The number of carboxylic acid groups (broad SMARTS) is 1. The zero-order valence-electron chi connectivity index (χ0n) is 14.0. The van der Waals surface area contributed by atoms with E-state index in [1.54, 1.807) is 0 Å². The molecule has 0 spiro atoms. The number of aliphatic carboxylic acids is 1. The molecule has 7 nitrogen and oxygen atoms in total. The Kier molecular flexibility index (Phi) is 6.09. The first kappa shape index (κ1) is 20.3. The van der Waals surface area contributed by atoms with Crippen LogP contribution in [0.25, 0.3) is 0 Å². The SMILES string of the molecule is O=C(O)CNC(=O)C1=C(O)CCN(CCc2ccc(C(F)(F)F)cc2)C1=O. The van der Waals surface area contributed by atoms with Crippen molar-refractivity contribution in [2.45, 2.75) is 19.0 Å². The first-order valence-corrected chi connectivity index (χ1v) is 7.97. The van der Waals surface area contributed by atoms with Crippen molar-refractivity contribution in [1.82, 2.24) is 10.2 Å². The molecule has 1 heterocycles. The quantitative estimate of drug-likeness (QED) is 0.643. The van der Waals surface area contributed by atoms with Gasteiger partial charge in [0.15, 0.2) is 0 Å². The molecule has 0 aromatic heterocycles. The number of amides is 2. The highest BCUT2D eigenvalue weighted by molar-refractivity contribution is 6.19. The van der Waals surface area contributed by atoms with E-state index in [0.717, 1.165) is 12.1 Å². The second kappa shape index (κ2) is 8.11. The van der Waals surface area contributed by atoms with Gasteiger partial charge in [-0.1, -0.05) is 12.1 Å². The molecule has 1 aliphatic rings. The number of carboxylic acids is 1. The third kappa shape index (κ3) is 5.22. The maximum absolute atomic E-state index is 12.6. The van der Waals surface area contributed by atoms with Crippen molar-refractivity contribution >= 4 is 17.8 Å². The summed E-state index contributed by atoms with van der Waals surface area (Å²) in [5.74, 6) is -3.47. The van der Waals surface area contributed by atoms with Crippen molar-refractivity contribution in [2.75, 3.05) is 19.6 Å². The average molecular weight is 386 g/mol. The van der Waals surface area contributed by atoms with Gasteiger partial charge in [0.05, 0.1) is 5.56 Å². The Hall–Kier alpha value is -3.04. The minimum atomic E-state index is -4.43. The first-order valence-electron chi connectivity index (χ1n) is 7.97. The van der Waals surface area contributed by atoms with Crippen LogP contribution in [-0.4, -0.2) is 52.5 Å². The third-order valence-electron chi connectivity index (χ3n) is 3.99. The third-order valence-corrected chi connectivity index (χ3v) is 3.99. The molecule has 1 aromatic carbocycles. The average Bonchev–Trinajstić information content (AvgIpc) is 2.59. The van der Waals surface area contributed by atoms with E-state index in [1.807, 2.05) is 5.32 Å². The lowest BCUT2D eigenvalue weighted by atomic mass is 10.0. The zero-order valence-corrected chi connectivity index (χ0v) is 14.0. The molecule has 10 heteroatoms. The van der Waals surface area contributed by atoms with E-state index in [4.69, 9.17) is 5.11 Å². The number of carbonyl (C=O) groups excluding carboxylic acids is 2. The molecular weight excluding hydrogens is 369 g/mol. The molecule has 2 amide bonds. The lowest BCUT2D eigenvalue weighted by Crippen LogP contribution is -2.44. The van der Waals surface area contributed by atoms with Gasteiger partial charge in [-0.2, -0.15) is 13.2 Å². The molecule has 0 fully saturated rings. The van der Waals surface area contributed by atoms with E-state index >= 15 is 0 Å². The lowest BCUT2D eigenvalue weighted by molar-refractivity contribution is -0.138. The number of carbonyl (C=O) groups is 3. The normalized spacial score (nSPS) is 15.1. The summed E-state index contributed by atoms with van der Waals surface area (Å²) in [6.07, 6.45) is -4.15. The van der Waals surface area contributed by atoms with E-state index in [0.29, 0.717) is 5.56 Å². The van der Waals surface area contributed by atoms with Crippen molar-refractivity contribution < 1.29 is 37.8 Å². The van der Waals surface area contributed by atoms with Gasteiger partial charge in [-0.05, 0) is 24.1 Å². The number of hydrogen-bond acceptors (Lipinski definition) is 4. The Labute approximate surface area is 152 Å². The number of nitrogens with one attached hydrogen (secondary N) is 1.